The average Bonchev–Trinajstić information content (AvgIpc) is 2.89. The van der Waals surface area contributed by atoms with Crippen molar-refractivity contribution in [3.05, 3.63) is 0 Å². The molecule has 33 heavy (non-hydrogen) atoms. The van der Waals surface area contributed by atoms with Gasteiger partial charge >= 0.3 is 0 Å². The van der Waals surface area contributed by atoms with Crippen molar-refractivity contribution in [1.29, 1.82) is 0 Å². The Bertz CT molecular complexity index is 449. The predicted octanol–water partition coefficient (Wildman–Crippen LogP) is 11.5. The van der Waals surface area contributed by atoms with Crippen LogP contribution < -0.4 is 0 Å². The van der Waals surface area contributed by atoms with Crippen LogP contribution in [-0.4, -0.2) is 0 Å². The van der Waals surface area contributed by atoms with E-state index in [1.807, 2.05) is 0 Å². The molecule has 3 unspecified atom stereocenters. The Kier molecular flexibility index (Phi) is 13.9. The molecule has 0 radical (unpaired) electrons. The fourth-order valence-electron chi connectivity index (χ4n) is 8.55. The van der Waals surface area contributed by atoms with Gasteiger partial charge in [-0.2, -0.15) is 0 Å². The van der Waals surface area contributed by atoms with Gasteiger partial charge in [-0.05, 0) is 48.3 Å². The maximum Gasteiger partial charge on any atom is -0.0386 e. The van der Waals surface area contributed by atoms with Crippen LogP contribution in [-0.2, 0) is 0 Å². The molecule has 0 spiro atoms. The highest BCUT2D eigenvalue weighted by Crippen LogP contribution is 2.41. The first-order chi connectivity index (χ1) is 16.3. The zero-order chi connectivity index (χ0) is 23.1. The van der Waals surface area contributed by atoms with E-state index in [9.17, 15) is 0 Å². The number of unbranched alkanes of at least 4 members (excludes halogenated alkanes) is 2. The molecular weight excluding hydrogens is 396 g/mol. The molecule has 3 fully saturated rings. The van der Waals surface area contributed by atoms with Crippen molar-refractivity contribution in [3.63, 3.8) is 0 Å². The summed E-state index contributed by atoms with van der Waals surface area (Å²) in [5.41, 5.74) is 0. The van der Waals surface area contributed by atoms with E-state index in [1.165, 1.54) is 83.5 Å². The smallest absolute Gasteiger partial charge is 0.0386 e. The van der Waals surface area contributed by atoms with Crippen molar-refractivity contribution in [1.82, 2.24) is 0 Å². The summed E-state index contributed by atoms with van der Waals surface area (Å²) in [7, 11) is 0. The van der Waals surface area contributed by atoms with Gasteiger partial charge in [-0.3, -0.25) is 0 Å². The highest BCUT2D eigenvalue weighted by Gasteiger charge is 2.28. The van der Waals surface area contributed by atoms with Gasteiger partial charge in [-0.1, -0.05) is 162 Å². The highest BCUT2D eigenvalue weighted by molar-refractivity contribution is 4.80. The van der Waals surface area contributed by atoms with E-state index in [-0.39, 0.29) is 0 Å². The topological polar surface area (TPSA) is 0 Å². The highest BCUT2D eigenvalue weighted by atomic mass is 14.3. The summed E-state index contributed by atoms with van der Waals surface area (Å²) < 4.78 is 0. The number of rotatable bonds is 15. The Morgan fingerprint density at radius 3 is 1.24 bits per heavy atom. The molecule has 0 aromatic heterocycles. The van der Waals surface area contributed by atoms with Crippen LogP contribution in [0.3, 0.4) is 0 Å². The summed E-state index contributed by atoms with van der Waals surface area (Å²) in [5, 5.41) is 0. The van der Waals surface area contributed by atoms with Crippen LogP contribution >= 0.6 is 0 Å². The number of hydrogen-bond acceptors (Lipinski definition) is 0. The fourth-order valence-corrected chi connectivity index (χ4v) is 8.55. The first-order valence-corrected chi connectivity index (χ1v) is 16.3. The molecule has 3 aliphatic carbocycles. The average molecular weight is 459 g/mol. The van der Waals surface area contributed by atoms with Gasteiger partial charge in [0, 0.05) is 0 Å². The van der Waals surface area contributed by atoms with Crippen LogP contribution in [0.2, 0.25) is 0 Å². The molecule has 0 nitrogen and oxygen atoms in total. The summed E-state index contributed by atoms with van der Waals surface area (Å²) in [6, 6.07) is 0. The first kappa shape index (κ1) is 27.6. The third kappa shape index (κ3) is 9.88. The van der Waals surface area contributed by atoms with Crippen molar-refractivity contribution in [2.24, 2.45) is 35.5 Å². The molecule has 194 valence electrons. The van der Waals surface area contributed by atoms with E-state index in [0.717, 1.165) is 35.5 Å². The first-order valence-electron chi connectivity index (χ1n) is 16.3. The second-order valence-electron chi connectivity index (χ2n) is 12.9. The molecule has 0 heteroatoms. The zero-order valence-electron chi connectivity index (χ0n) is 23.1. The van der Waals surface area contributed by atoms with Crippen molar-refractivity contribution < 1.29 is 0 Å². The quantitative estimate of drug-likeness (QED) is 0.214. The van der Waals surface area contributed by atoms with Crippen molar-refractivity contribution in [2.45, 2.75) is 174 Å². The molecule has 3 aliphatic rings. The third-order valence-electron chi connectivity index (χ3n) is 10.7. The summed E-state index contributed by atoms with van der Waals surface area (Å²) in [5.74, 6) is 6.40. The SMILES string of the molecule is CCCCCC(CCC(CCCC(CC)C1CCCCC1)C1CCCCC1)C1CCCCC1. The molecule has 3 atom stereocenters. The molecule has 0 amide bonds. The Morgan fingerprint density at radius 1 is 0.424 bits per heavy atom. The normalized spacial score (nSPS) is 24.5. The van der Waals surface area contributed by atoms with Crippen LogP contribution in [0, 0.1) is 35.5 Å². The van der Waals surface area contributed by atoms with Gasteiger partial charge in [0.05, 0.1) is 0 Å². The standard InChI is InChI=1S/C33H62/c1-3-5-9-17-32(30-20-12-7-13-21-30)26-27-33(31-22-14-8-15-23-31)25-16-24-28(4-2)29-18-10-6-11-19-29/h28-33H,3-27H2,1-2H3. The number of hydrogen-bond donors (Lipinski definition) is 0. The molecule has 0 bridgehead atoms. The molecule has 0 saturated heterocycles. The van der Waals surface area contributed by atoms with Crippen LogP contribution in [0.5, 0.6) is 0 Å². The maximum atomic E-state index is 2.49. The van der Waals surface area contributed by atoms with Gasteiger partial charge in [0.1, 0.15) is 0 Å². The summed E-state index contributed by atoms with van der Waals surface area (Å²) in [4.78, 5) is 0. The molecular formula is C33H62. The van der Waals surface area contributed by atoms with Crippen molar-refractivity contribution >= 4 is 0 Å². The van der Waals surface area contributed by atoms with E-state index < -0.39 is 0 Å². The minimum Gasteiger partial charge on any atom is -0.0654 e. The summed E-state index contributed by atoms with van der Waals surface area (Å²) >= 11 is 0. The van der Waals surface area contributed by atoms with Gasteiger partial charge in [0.2, 0.25) is 0 Å². The summed E-state index contributed by atoms with van der Waals surface area (Å²) in [6.45, 7) is 4.87. The van der Waals surface area contributed by atoms with E-state index in [0.29, 0.717) is 0 Å². The Labute approximate surface area is 209 Å². The zero-order valence-corrected chi connectivity index (χ0v) is 23.1. The van der Waals surface area contributed by atoms with E-state index in [4.69, 9.17) is 0 Å². The largest absolute Gasteiger partial charge is 0.0654 e. The third-order valence-corrected chi connectivity index (χ3v) is 10.7. The lowest BCUT2D eigenvalue weighted by Crippen LogP contribution is -2.23. The van der Waals surface area contributed by atoms with E-state index >= 15 is 0 Å². The van der Waals surface area contributed by atoms with E-state index in [2.05, 4.69) is 13.8 Å². The molecule has 3 saturated carbocycles. The van der Waals surface area contributed by atoms with Gasteiger partial charge in [-0.15, -0.1) is 0 Å². The second-order valence-corrected chi connectivity index (χ2v) is 12.9. The van der Waals surface area contributed by atoms with Gasteiger partial charge in [0.25, 0.3) is 0 Å². The molecule has 0 aliphatic heterocycles. The van der Waals surface area contributed by atoms with Crippen molar-refractivity contribution in [2.75, 3.05) is 0 Å². The van der Waals surface area contributed by atoms with Crippen molar-refractivity contribution in [3.8, 4) is 0 Å². The van der Waals surface area contributed by atoms with Gasteiger partial charge in [0.15, 0.2) is 0 Å². The summed E-state index contributed by atoms with van der Waals surface area (Å²) in [6.07, 6.45) is 38.2. The Morgan fingerprint density at radius 2 is 0.818 bits per heavy atom. The Balaban J connectivity index is 1.51. The van der Waals surface area contributed by atoms with E-state index in [1.54, 1.807) is 77.0 Å². The van der Waals surface area contributed by atoms with Gasteiger partial charge in [-0.25, -0.2) is 0 Å². The minimum atomic E-state index is 1.04. The maximum absolute atomic E-state index is 2.49. The fraction of sp³-hybridized carbons (Fsp3) is 1.00. The lowest BCUT2D eigenvalue weighted by atomic mass is 9.71. The second kappa shape index (κ2) is 16.6. The molecule has 0 aromatic rings. The van der Waals surface area contributed by atoms with Crippen LogP contribution in [0.4, 0.5) is 0 Å². The molecule has 0 heterocycles. The van der Waals surface area contributed by atoms with Crippen LogP contribution in [0.15, 0.2) is 0 Å². The van der Waals surface area contributed by atoms with Crippen LogP contribution in [0.1, 0.15) is 174 Å². The Hall–Kier alpha value is 0. The lowest BCUT2D eigenvalue weighted by Gasteiger charge is -2.35. The monoisotopic (exact) mass is 458 g/mol. The molecule has 0 aromatic carbocycles. The minimum absolute atomic E-state index is 1.04. The predicted molar refractivity (Wildman–Crippen MR) is 148 cm³/mol. The lowest BCUT2D eigenvalue weighted by molar-refractivity contribution is 0.165. The van der Waals surface area contributed by atoms with Gasteiger partial charge < -0.3 is 0 Å². The van der Waals surface area contributed by atoms with Crippen LogP contribution in [0.25, 0.3) is 0 Å². The molecule has 3 rings (SSSR count). The molecule has 0 N–H and O–H groups in total.